The zero-order valence-corrected chi connectivity index (χ0v) is 11.3. The smallest absolute Gasteiger partial charge is 0.137 e. The van der Waals surface area contributed by atoms with E-state index in [1.54, 1.807) is 0 Å². The summed E-state index contributed by atoms with van der Waals surface area (Å²) in [4.78, 5) is 0. The first-order chi connectivity index (χ1) is 7.65. The molecule has 0 unspecified atom stereocenters. The van der Waals surface area contributed by atoms with Crippen LogP contribution in [0.3, 0.4) is 0 Å². The third kappa shape index (κ3) is 4.24. The molecule has 0 aliphatic rings. The van der Waals surface area contributed by atoms with E-state index in [-0.39, 0.29) is 6.04 Å². The highest BCUT2D eigenvalue weighted by Crippen LogP contribution is 2.27. The molecular formula is C12H18ClNOS. The third-order valence-corrected chi connectivity index (χ3v) is 3.33. The van der Waals surface area contributed by atoms with Crippen LogP contribution in [-0.4, -0.2) is 18.1 Å². The first-order valence-corrected chi connectivity index (χ1v) is 6.94. The Morgan fingerprint density at radius 2 is 2.25 bits per heavy atom. The molecule has 0 spiro atoms. The molecule has 2 nitrogen and oxygen atoms in total. The van der Waals surface area contributed by atoms with Gasteiger partial charge in [0.2, 0.25) is 0 Å². The van der Waals surface area contributed by atoms with E-state index in [4.69, 9.17) is 22.1 Å². The summed E-state index contributed by atoms with van der Waals surface area (Å²) in [6.45, 7) is 4.76. The van der Waals surface area contributed by atoms with Crippen LogP contribution < -0.4 is 10.5 Å². The Kier molecular flexibility index (Phi) is 6.03. The van der Waals surface area contributed by atoms with Crippen LogP contribution in [0.4, 0.5) is 0 Å². The van der Waals surface area contributed by atoms with E-state index in [0.29, 0.717) is 11.6 Å². The largest absolute Gasteiger partial charge is 0.491 e. The molecule has 0 amide bonds. The molecule has 2 N–H and O–H groups in total. The first kappa shape index (κ1) is 13.7. The van der Waals surface area contributed by atoms with Crippen molar-refractivity contribution in [3.63, 3.8) is 0 Å². The summed E-state index contributed by atoms with van der Waals surface area (Å²) in [5, 5.41) is 0.635. The molecule has 0 radical (unpaired) electrons. The van der Waals surface area contributed by atoms with Gasteiger partial charge in [-0.1, -0.05) is 24.6 Å². The van der Waals surface area contributed by atoms with Crippen LogP contribution in [0.2, 0.25) is 5.02 Å². The van der Waals surface area contributed by atoms with Gasteiger partial charge in [0.1, 0.15) is 5.75 Å². The highest BCUT2D eigenvalue weighted by molar-refractivity contribution is 7.99. The third-order valence-electron chi connectivity index (χ3n) is 2.17. The van der Waals surface area contributed by atoms with Crippen molar-refractivity contribution in [2.45, 2.75) is 19.9 Å². The van der Waals surface area contributed by atoms with Crippen LogP contribution >= 0.6 is 23.4 Å². The minimum Gasteiger partial charge on any atom is -0.491 e. The second kappa shape index (κ2) is 7.05. The lowest BCUT2D eigenvalue weighted by Crippen LogP contribution is -2.05. The summed E-state index contributed by atoms with van der Waals surface area (Å²) in [5.41, 5.74) is 6.80. The molecule has 1 aromatic rings. The van der Waals surface area contributed by atoms with E-state index in [9.17, 15) is 0 Å². The quantitative estimate of drug-likeness (QED) is 0.795. The molecule has 1 aromatic carbocycles. The maximum atomic E-state index is 6.10. The Bertz CT molecular complexity index is 331. The fraction of sp³-hybridized carbons (Fsp3) is 0.500. The van der Waals surface area contributed by atoms with Crippen LogP contribution in [-0.2, 0) is 0 Å². The van der Waals surface area contributed by atoms with Crippen LogP contribution in [0.5, 0.6) is 5.75 Å². The molecule has 0 saturated carbocycles. The lowest BCUT2D eigenvalue weighted by atomic mass is 10.1. The van der Waals surface area contributed by atoms with E-state index < -0.39 is 0 Å². The molecule has 1 rings (SSSR count). The van der Waals surface area contributed by atoms with Gasteiger partial charge in [-0.3, -0.25) is 0 Å². The van der Waals surface area contributed by atoms with Gasteiger partial charge in [-0.05, 0) is 30.4 Å². The fourth-order valence-corrected chi connectivity index (χ4v) is 2.01. The number of thioether (sulfide) groups is 1. The van der Waals surface area contributed by atoms with Crippen molar-refractivity contribution in [1.82, 2.24) is 0 Å². The first-order valence-electron chi connectivity index (χ1n) is 5.40. The Balaban J connectivity index is 2.54. The minimum atomic E-state index is 0.00203. The summed E-state index contributed by atoms with van der Waals surface area (Å²) in [7, 11) is 0. The van der Waals surface area contributed by atoms with Crippen molar-refractivity contribution < 1.29 is 4.74 Å². The van der Waals surface area contributed by atoms with Gasteiger partial charge < -0.3 is 10.5 Å². The van der Waals surface area contributed by atoms with Gasteiger partial charge in [-0.15, -0.1) is 0 Å². The fourth-order valence-electron chi connectivity index (χ4n) is 1.27. The molecule has 90 valence electrons. The molecule has 16 heavy (non-hydrogen) atoms. The number of halogens is 1. The van der Waals surface area contributed by atoms with Gasteiger partial charge in [0, 0.05) is 11.8 Å². The van der Waals surface area contributed by atoms with Gasteiger partial charge in [0.05, 0.1) is 11.6 Å². The molecule has 0 aliphatic carbocycles. The lowest BCUT2D eigenvalue weighted by Gasteiger charge is -2.10. The lowest BCUT2D eigenvalue weighted by molar-refractivity contribution is 0.344. The van der Waals surface area contributed by atoms with Crippen molar-refractivity contribution in [3.05, 3.63) is 28.8 Å². The number of hydrogen-bond acceptors (Lipinski definition) is 3. The number of ether oxygens (including phenoxy) is 1. The summed E-state index contributed by atoms with van der Waals surface area (Å²) in [5.74, 6) is 2.84. The average Bonchev–Trinajstić information content (AvgIpc) is 2.26. The zero-order valence-electron chi connectivity index (χ0n) is 9.70. The van der Waals surface area contributed by atoms with Gasteiger partial charge in [0.15, 0.2) is 0 Å². The summed E-state index contributed by atoms with van der Waals surface area (Å²) in [6, 6.07) is 5.72. The predicted octanol–water partition coefficient (Wildman–Crippen LogP) is 3.49. The molecule has 0 heterocycles. The number of nitrogens with two attached hydrogens (primary N) is 1. The monoisotopic (exact) mass is 259 g/mol. The molecule has 0 saturated heterocycles. The second-order valence-corrected chi connectivity index (χ2v) is 5.32. The molecule has 0 bridgehead atoms. The van der Waals surface area contributed by atoms with Gasteiger partial charge in [-0.2, -0.15) is 11.8 Å². The van der Waals surface area contributed by atoms with Gasteiger partial charge >= 0.3 is 0 Å². The normalized spacial score (nSPS) is 12.5. The predicted molar refractivity (Wildman–Crippen MR) is 72.5 cm³/mol. The van der Waals surface area contributed by atoms with E-state index in [0.717, 1.165) is 22.8 Å². The zero-order chi connectivity index (χ0) is 12.0. The highest BCUT2D eigenvalue weighted by Gasteiger charge is 2.05. The Morgan fingerprint density at radius 1 is 1.50 bits per heavy atom. The molecule has 0 aliphatic heterocycles. The van der Waals surface area contributed by atoms with E-state index in [2.05, 4.69) is 6.92 Å². The Hall–Kier alpha value is -0.380. The van der Waals surface area contributed by atoms with Crippen LogP contribution in [0.15, 0.2) is 18.2 Å². The van der Waals surface area contributed by atoms with Crippen molar-refractivity contribution >= 4 is 23.4 Å². The molecule has 4 heteroatoms. The molecule has 0 aromatic heterocycles. The molecular weight excluding hydrogens is 242 g/mol. The maximum Gasteiger partial charge on any atom is 0.137 e. The maximum absolute atomic E-state index is 6.10. The summed E-state index contributed by atoms with van der Waals surface area (Å²) >= 11 is 7.95. The standard InChI is InChI=1S/C12H18ClNOS/c1-3-16-7-6-15-12-5-4-10(9(2)14)8-11(12)13/h4-5,8-9H,3,6-7,14H2,1-2H3/t9-/m0/s1. The number of rotatable bonds is 6. The Morgan fingerprint density at radius 3 is 2.81 bits per heavy atom. The van der Waals surface area contributed by atoms with Crippen LogP contribution in [0.25, 0.3) is 0 Å². The van der Waals surface area contributed by atoms with Crippen molar-refractivity contribution in [3.8, 4) is 5.75 Å². The number of benzene rings is 1. The molecule has 0 fully saturated rings. The number of hydrogen-bond donors (Lipinski definition) is 1. The average molecular weight is 260 g/mol. The van der Waals surface area contributed by atoms with E-state index in [1.807, 2.05) is 36.9 Å². The van der Waals surface area contributed by atoms with Crippen molar-refractivity contribution in [2.24, 2.45) is 5.73 Å². The topological polar surface area (TPSA) is 35.2 Å². The van der Waals surface area contributed by atoms with E-state index >= 15 is 0 Å². The second-order valence-electron chi connectivity index (χ2n) is 3.52. The van der Waals surface area contributed by atoms with Gasteiger partial charge in [0.25, 0.3) is 0 Å². The molecule has 1 atom stereocenters. The SMILES string of the molecule is CCSCCOc1ccc([C@H](C)N)cc1Cl. The minimum absolute atomic E-state index is 0.00203. The van der Waals surface area contributed by atoms with Gasteiger partial charge in [-0.25, -0.2) is 0 Å². The highest BCUT2D eigenvalue weighted by atomic mass is 35.5. The van der Waals surface area contributed by atoms with E-state index in [1.165, 1.54) is 0 Å². The van der Waals surface area contributed by atoms with Crippen molar-refractivity contribution in [2.75, 3.05) is 18.1 Å². The van der Waals surface area contributed by atoms with Crippen molar-refractivity contribution in [1.29, 1.82) is 0 Å². The van der Waals surface area contributed by atoms with Crippen LogP contribution in [0.1, 0.15) is 25.5 Å². The Labute approximate surface area is 107 Å². The van der Waals surface area contributed by atoms with Crippen LogP contribution in [0, 0.1) is 0 Å². The summed E-state index contributed by atoms with van der Waals surface area (Å²) < 4.78 is 5.58. The summed E-state index contributed by atoms with van der Waals surface area (Å²) in [6.07, 6.45) is 0.